The molecule has 2 aromatic carbocycles. The van der Waals surface area contributed by atoms with Gasteiger partial charge in [-0.05, 0) is 48.7 Å². The minimum absolute atomic E-state index is 0.600. The van der Waals surface area contributed by atoms with Crippen LogP contribution in [0.1, 0.15) is 29.2 Å². The van der Waals surface area contributed by atoms with Crippen molar-refractivity contribution in [3.8, 4) is 6.07 Å². The fraction of sp³-hybridized carbons (Fsp3) is 0.120. The van der Waals surface area contributed by atoms with Crippen molar-refractivity contribution in [2.45, 2.75) is 20.3 Å². The van der Waals surface area contributed by atoms with Crippen LogP contribution in [0.5, 0.6) is 0 Å². The summed E-state index contributed by atoms with van der Waals surface area (Å²) in [5, 5.41) is 15.4. The van der Waals surface area contributed by atoms with Gasteiger partial charge in [-0.2, -0.15) is 10.4 Å². The van der Waals surface area contributed by atoms with Crippen LogP contribution in [0, 0.1) is 18.3 Å². The summed E-state index contributed by atoms with van der Waals surface area (Å²) in [6.45, 7) is 4.06. The predicted molar refractivity (Wildman–Crippen MR) is 124 cm³/mol. The zero-order valence-electron chi connectivity index (χ0n) is 17.3. The van der Waals surface area contributed by atoms with Crippen LogP contribution in [0.15, 0.2) is 65.9 Å². The molecule has 0 aliphatic rings. The average molecular weight is 404 g/mol. The van der Waals surface area contributed by atoms with Crippen LogP contribution in [-0.2, 0) is 6.42 Å². The summed E-state index contributed by atoms with van der Waals surface area (Å²) in [4.78, 5) is 9.14. The number of anilines is 1. The van der Waals surface area contributed by atoms with E-state index in [-0.39, 0.29) is 0 Å². The zero-order chi connectivity index (χ0) is 21.4. The van der Waals surface area contributed by atoms with Gasteiger partial charge in [0.25, 0.3) is 0 Å². The van der Waals surface area contributed by atoms with Crippen molar-refractivity contribution in [2.75, 3.05) is 5.43 Å². The molecule has 5 rings (SSSR count). The number of benzene rings is 2. The molecule has 3 heterocycles. The van der Waals surface area contributed by atoms with Crippen molar-refractivity contribution in [3.05, 3.63) is 83.0 Å². The number of nitriles is 1. The van der Waals surface area contributed by atoms with Gasteiger partial charge in [0.2, 0.25) is 0 Å². The number of hydrogen-bond donors (Lipinski definition) is 1. The van der Waals surface area contributed by atoms with E-state index in [0.717, 1.165) is 50.9 Å². The van der Waals surface area contributed by atoms with Gasteiger partial charge in [-0.25, -0.2) is 4.98 Å². The van der Waals surface area contributed by atoms with Crippen LogP contribution in [0.2, 0.25) is 0 Å². The number of rotatable bonds is 4. The summed E-state index contributed by atoms with van der Waals surface area (Å²) in [5.41, 5.74) is 10.2. The largest absolute Gasteiger partial charge is 0.276 e. The van der Waals surface area contributed by atoms with Gasteiger partial charge < -0.3 is 0 Å². The van der Waals surface area contributed by atoms with Crippen molar-refractivity contribution in [2.24, 2.45) is 5.10 Å². The second-order valence-corrected chi connectivity index (χ2v) is 7.34. The molecule has 0 atom stereocenters. The first kappa shape index (κ1) is 18.8. The van der Waals surface area contributed by atoms with E-state index in [9.17, 15) is 5.26 Å². The maximum absolute atomic E-state index is 9.82. The molecule has 0 saturated heterocycles. The summed E-state index contributed by atoms with van der Waals surface area (Å²) in [5.74, 6) is 0.831. The normalized spacial score (nSPS) is 11.5. The lowest BCUT2D eigenvalue weighted by atomic mass is 10.0. The Morgan fingerprint density at radius 1 is 1.10 bits per heavy atom. The molecule has 0 radical (unpaired) electrons. The third-order valence-corrected chi connectivity index (χ3v) is 5.64. The molecule has 0 unspecified atom stereocenters. The predicted octanol–water partition coefficient (Wildman–Crippen LogP) is 5.22. The first-order chi connectivity index (χ1) is 15.2. The lowest BCUT2D eigenvalue weighted by Gasteiger charge is -2.15. The molecular weight excluding hydrogens is 384 g/mol. The number of nitrogens with one attached hydrogen (secondary N) is 1. The molecule has 6 nitrogen and oxygen atoms in total. The lowest BCUT2D eigenvalue weighted by molar-refractivity contribution is 1.04. The maximum atomic E-state index is 9.82. The third-order valence-electron chi connectivity index (χ3n) is 5.64. The van der Waals surface area contributed by atoms with Crippen molar-refractivity contribution in [3.63, 3.8) is 0 Å². The molecule has 0 saturated carbocycles. The monoisotopic (exact) mass is 404 g/mol. The number of pyridine rings is 2. The summed E-state index contributed by atoms with van der Waals surface area (Å²) in [6, 6.07) is 20.2. The molecule has 0 fully saturated rings. The van der Waals surface area contributed by atoms with Crippen molar-refractivity contribution in [1.29, 1.82) is 5.26 Å². The second-order valence-electron chi connectivity index (χ2n) is 7.34. The number of hydrazone groups is 1. The molecule has 3 aromatic heterocycles. The molecule has 150 valence electrons. The quantitative estimate of drug-likeness (QED) is 0.329. The van der Waals surface area contributed by atoms with Crippen molar-refractivity contribution >= 4 is 39.6 Å². The SMILES string of the molecule is CCc1c(C)c(C#N)c2nc3ccccc3n2c1N/N=C\c1ccnc2ccccc12. The molecule has 6 heteroatoms. The Labute approximate surface area is 179 Å². The van der Waals surface area contributed by atoms with E-state index in [0.29, 0.717) is 11.2 Å². The van der Waals surface area contributed by atoms with Gasteiger partial charge in [-0.3, -0.25) is 14.8 Å². The zero-order valence-corrected chi connectivity index (χ0v) is 17.3. The Bertz CT molecular complexity index is 1520. The molecule has 0 amide bonds. The number of hydrogen-bond acceptors (Lipinski definition) is 5. The number of para-hydroxylation sites is 3. The van der Waals surface area contributed by atoms with Gasteiger partial charge in [-0.1, -0.05) is 37.3 Å². The highest BCUT2D eigenvalue weighted by atomic mass is 15.3. The van der Waals surface area contributed by atoms with Crippen molar-refractivity contribution in [1.82, 2.24) is 14.4 Å². The minimum Gasteiger partial charge on any atom is -0.276 e. The molecule has 0 aliphatic heterocycles. The van der Waals surface area contributed by atoms with Crippen LogP contribution in [-0.4, -0.2) is 20.6 Å². The van der Waals surface area contributed by atoms with E-state index in [1.54, 1.807) is 6.20 Å². The van der Waals surface area contributed by atoms with Crippen LogP contribution >= 0.6 is 0 Å². The van der Waals surface area contributed by atoms with E-state index in [4.69, 9.17) is 4.98 Å². The smallest absolute Gasteiger partial charge is 0.157 e. The van der Waals surface area contributed by atoms with Crippen molar-refractivity contribution < 1.29 is 0 Å². The Morgan fingerprint density at radius 3 is 2.68 bits per heavy atom. The molecule has 0 spiro atoms. The van der Waals surface area contributed by atoms with E-state index >= 15 is 0 Å². The molecule has 1 N–H and O–H groups in total. The van der Waals surface area contributed by atoms with Gasteiger partial charge in [0.1, 0.15) is 11.9 Å². The summed E-state index contributed by atoms with van der Waals surface area (Å²) in [7, 11) is 0. The van der Waals surface area contributed by atoms with Gasteiger partial charge in [0.05, 0.1) is 28.3 Å². The minimum atomic E-state index is 0.600. The van der Waals surface area contributed by atoms with E-state index in [1.165, 1.54) is 0 Å². The molecular formula is C25H20N6. The molecule has 0 bridgehead atoms. The van der Waals surface area contributed by atoms with E-state index < -0.39 is 0 Å². The Kier molecular flexibility index (Phi) is 4.57. The van der Waals surface area contributed by atoms with Crippen LogP contribution in [0.3, 0.4) is 0 Å². The van der Waals surface area contributed by atoms with Gasteiger partial charge in [0, 0.05) is 17.1 Å². The lowest BCUT2D eigenvalue weighted by Crippen LogP contribution is -2.07. The first-order valence-electron chi connectivity index (χ1n) is 10.2. The number of nitrogens with zero attached hydrogens (tertiary/aromatic N) is 5. The highest BCUT2D eigenvalue weighted by molar-refractivity contribution is 5.98. The fourth-order valence-corrected chi connectivity index (χ4v) is 4.13. The number of imidazole rings is 1. The Balaban J connectivity index is 1.69. The van der Waals surface area contributed by atoms with Gasteiger partial charge in [-0.15, -0.1) is 0 Å². The maximum Gasteiger partial charge on any atom is 0.157 e. The van der Waals surface area contributed by atoms with Crippen LogP contribution in [0.4, 0.5) is 5.82 Å². The average Bonchev–Trinajstić information content (AvgIpc) is 3.18. The Morgan fingerprint density at radius 2 is 1.87 bits per heavy atom. The molecule has 31 heavy (non-hydrogen) atoms. The van der Waals surface area contributed by atoms with Gasteiger partial charge in [0.15, 0.2) is 5.65 Å². The summed E-state index contributed by atoms with van der Waals surface area (Å²) >= 11 is 0. The Hall–Kier alpha value is -4.24. The summed E-state index contributed by atoms with van der Waals surface area (Å²) in [6.07, 6.45) is 4.36. The highest BCUT2D eigenvalue weighted by Gasteiger charge is 2.19. The number of fused-ring (bicyclic) bond motifs is 4. The topological polar surface area (TPSA) is 78.4 Å². The van der Waals surface area contributed by atoms with Gasteiger partial charge >= 0.3 is 0 Å². The summed E-state index contributed by atoms with van der Waals surface area (Å²) < 4.78 is 2.00. The van der Waals surface area contributed by atoms with Crippen LogP contribution < -0.4 is 5.43 Å². The first-order valence-corrected chi connectivity index (χ1v) is 10.2. The number of aromatic nitrogens is 3. The van der Waals surface area contributed by atoms with E-state index in [2.05, 4.69) is 28.5 Å². The van der Waals surface area contributed by atoms with E-state index in [1.807, 2.05) is 72.1 Å². The molecule has 5 aromatic rings. The second kappa shape index (κ2) is 7.54. The van der Waals surface area contributed by atoms with Crippen LogP contribution in [0.25, 0.3) is 27.6 Å². The fourth-order valence-electron chi connectivity index (χ4n) is 4.13. The standard InChI is InChI=1S/C25H20N6/c1-3-18-16(2)20(14-26)24-29-22-10-6-7-11-23(22)31(24)25(18)30-28-15-17-12-13-27-21-9-5-4-8-19(17)21/h4-13,15,30H,3H2,1-2H3/b28-15-. The molecule has 0 aliphatic carbocycles. The third kappa shape index (κ3) is 2.99. The highest BCUT2D eigenvalue weighted by Crippen LogP contribution is 2.31.